The number of carbonyl (C=O) groups is 2. The number of carboxylic acid groups (broad SMARTS) is 1. The molecule has 19 heavy (non-hydrogen) atoms. The van der Waals surface area contributed by atoms with E-state index in [2.05, 4.69) is 0 Å². The first-order chi connectivity index (χ1) is 8.97. The van der Waals surface area contributed by atoms with E-state index in [1.54, 1.807) is 0 Å². The van der Waals surface area contributed by atoms with Gasteiger partial charge in [-0.3, -0.25) is 4.79 Å². The summed E-state index contributed by atoms with van der Waals surface area (Å²) in [7, 11) is 0. The van der Waals surface area contributed by atoms with E-state index >= 15 is 0 Å². The Hall–Kier alpha value is -2.63. The number of primary amides is 1. The normalized spacial score (nSPS) is 10.4. The van der Waals surface area contributed by atoms with E-state index in [0.717, 1.165) is 6.07 Å². The molecule has 98 valence electrons. The van der Waals surface area contributed by atoms with Crippen LogP contribution in [0.2, 0.25) is 0 Å². The second-order valence-electron chi connectivity index (χ2n) is 4.05. The average Bonchev–Trinajstić information content (AvgIpc) is 2.80. The maximum absolute atomic E-state index is 13.6. The second-order valence-corrected chi connectivity index (χ2v) is 4.05. The lowest BCUT2D eigenvalue weighted by Crippen LogP contribution is -2.12. The predicted octanol–water partition coefficient (Wildman–Crippen LogP) is 1.47. The minimum atomic E-state index is -1.05. The van der Waals surface area contributed by atoms with Crippen LogP contribution in [0, 0.1) is 5.82 Å². The number of nitrogens with two attached hydrogens (primary N) is 1. The van der Waals surface area contributed by atoms with Crippen LogP contribution in [0.4, 0.5) is 4.39 Å². The molecule has 3 N–H and O–H groups in total. The van der Waals surface area contributed by atoms with Gasteiger partial charge in [-0.2, -0.15) is 0 Å². The molecular formula is C13H11FN2O3. The highest BCUT2D eigenvalue weighted by atomic mass is 19.1. The van der Waals surface area contributed by atoms with Crippen molar-refractivity contribution in [2.75, 3.05) is 0 Å². The third kappa shape index (κ3) is 2.79. The summed E-state index contributed by atoms with van der Waals surface area (Å²) in [6.45, 7) is 0.125. The van der Waals surface area contributed by atoms with Gasteiger partial charge in [-0.15, -0.1) is 0 Å². The highest BCUT2D eigenvalue weighted by molar-refractivity contribution is 5.92. The Morgan fingerprint density at radius 1 is 1.26 bits per heavy atom. The molecule has 1 aromatic carbocycles. The standard InChI is InChI=1S/C13H11FN2O3/c14-11-2-1-8(12(15)17)5-10(11)7-16-4-3-9(6-16)13(18)19/h1-6H,7H2,(H2,15,17)(H,18,19). The van der Waals surface area contributed by atoms with Crippen LogP contribution in [0.3, 0.4) is 0 Å². The zero-order chi connectivity index (χ0) is 14.0. The maximum atomic E-state index is 13.6. The number of benzene rings is 1. The van der Waals surface area contributed by atoms with Crippen molar-refractivity contribution in [3.8, 4) is 0 Å². The lowest BCUT2D eigenvalue weighted by atomic mass is 10.1. The van der Waals surface area contributed by atoms with Gasteiger partial charge < -0.3 is 15.4 Å². The summed E-state index contributed by atoms with van der Waals surface area (Å²) in [4.78, 5) is 21.8. The fourth-order valence-corrected chi connectivity index (χ4v) is 1.71. The van der Waals surface area contributed by atoms with Crippen molar-refractivity contribution < 1.29 is 19.1 Å². The zero-order valence-electron chi connectivity index (χ0n) is 9.84. The largest absolute Gasteiger partial charge is 0.478 e. The van der Waals surface area contributed by atoms with E-state index in [1.165, 1.54) is 35.2 Å². The number of nitrogens with zero attached hydrogens (tertiary/aromatic N) is 1. The summed E-state index contributed by atoms with van der Waals surface area (Å²) in [5.41, 5.74) is 5.72. The highest BCUT2D eigenvalue weighted by Gasteiger charge is 2.09. The van der Waals surface area contributed by atoms with Gasteiger partial charge in [-0.1, -0.05) is 0 Å². The molecule has 0 aliphatic heterocycles. The molecule has 2 aromatic rings. The van der Waals surface area contributed by atoms with Gasteiger partial charge in [0, 0.05) is 30.1 Å². The van der Waals surface area contributed by atoms with Crippen molar-refractivity contribution in [1.82, 2.24) is 4.57 Å². The van der Waals surface area contributed by atoms with Gasteiger partial charge in [0.2, 0.25) is 5.91 Å². The van der Waals surface area contributed by atoms with E-state index in [4.69, 9.17) is 10.8 Å². The molecule has 2 rings (SSSR count). The number of carbonyl (C=O) groups excluding carboxylic acids is 1. The molecule has 0 bridgehead atoms. The SMILES string of the molecule is NC(=O)c1ccc(F)c(Cn2ccc(C(=O)O)c2)c1. The van der Waals surface area contributed by atoms with Gasteiger partial charge in [-0.05, 0) is 24.3 Å². The second kappa shape index (κ2) is 4.93. The van der Waals surface area contributed by atoms with Gasteiger partial charge in [0.1, 0.15) is 5.82 Å². The van der Waals surface area contributed by atoms with Crippen molar-refractivity contribution in [1.29, 1.82) is 0 Å². The molecule has 6 heteroatoms. The Labute approximate surface area is 108 Å². The number of amides is 1. The van der Waals surface area contributed by atoms with E-state index in [-0.39, 0.29) is 23.2 Å². The summed E-state index contributed by atoms with van der Waals surface area (Å²) in [6, 6.07) is 5.24. The predicted molar refractivity (Wildman–Crippen MR) is 65.4 cm³/mol. The highest BCUT2D eigenvalue weighted by Crippen LogP contribution is 2.13. The van der Waals surface area contributed by atoms with Crippen molar-refractivity contribution in [3.63, 3.8) is 0 Å². The molecule has 1 amide bonds. The number of hydrogen-bond acceptors (Lipinski definition) is 2. The zero-order valence-corrected chi connectivity index (χ0v) is 9.84. The first kappa shape index (κ1) is 12.8. The average molecular weight is 262 g/mol. The van der Waals surface area contributed by atoms with Crippen LogP contribution >= 0.6 is 0 Å². The van der Waals surface area contributed by atoms with Gasteiger partial charge in [-0.25, -0.2) is 9.18 Å². The molecule has 0 saturated heterocycles. The lowest BCUT2D eigenvalue weighted by molar-refractivity contribution is 0.0696. The Morgan fingerprint density at radius 2 is 2.00 bits per heavy atom. The monoisotopic (exact) mass is 262 g/mol. The van der Waals surface area contributed by atoms with E-state index < -0.39 is 17.7 Å². The summed E-state index contributed by atoms with van der Waals surface area (Å²) < 4.78 is 15.1. The maximum Gasteiger partial charge on any atom is 0.337 e. The number of aromatic carboxylic acids is 1. The molecule has 0 unspecified atom stereocenters. The third-order valence-electron chi connectivity index (χ3n) is 2.68. The third-order valence-corrected chi connectivity index (χ3v) is 2.68. The smallest absolute Gasteiger partial charge is 0.337 e. The molecule has 0 aliphatic rings. The minimum absolute atomic E-state index is 0.117. The molecule has 0 aliphatic carbocycles. The van der Waals surface area contributed by atoms with Crippen LogP contribution in [0.15, 0.2) is 36.7 Å². The number of halogens is 1. The van der Waals surface area contributed by atoms with Crippen LogP contribution in [0.25, 0.3) is 0 Å². The van der Waals surface area contributed by atoms with Gasteiger partial charge in [0.05, 0.1) is 5.56 Å². The Balaban J connectivity index is 2.29. The summed E-state index contributed by atoms with van der Waals surface area (Å²) >= 11 is 0. The quantitative estimate of drug-likeness (QED) is 0.874. The molecule has 0 radical (unpaired) electrons. The molecule has 1 aromatic heterocycles. The Kier molecular flexibility index (Phi) is 3.33. The van der Waals surface area contributed by atoms with Crippen molar-refractivity contribution >= 4 is 11.9 Å². The van der Waals surface area contributed by atoms with Crippen molar-refractivity contribution in [2.45, 2.75) is 6.54 Å². The summed E-state index contributed by atoms with van der Waals surface area (Å²) in [5, 5.41) is 8.79. The van der Waals surface area contributed by atoms with Crippen molar-refractivity contribution in [3.05, 3.63) is 59.2 Å². The topological polar surface area (TPSA) is 85.3 Å². The van der Waals surface area contributed by atoms with Crippen LogP contribution in [-0.2, 0) is 6.54 Å². The number of aromatic nitrogens is 1. The van der Waals surface area contributed by atoms with Crippen LogP contribution in [-0.4, -0.2) is 21.6 Å². The van der Waals surface area contributed by atoms with Gasteiger partial charge in [0.25, 0.3) is 0 Å². The van der Waals surface area contributed by atoms with Crippen LogP contribution in [0.1, 0.15) is 26.3 Å². The number of hydrogen-bond donors (Lipinski definition) is 2. The fourth-order valence-electron chi connectivity index (χ4n) is 1.71. The first-order valence-electron chi connectivity index (χ1n) is 5.44. The number of rotatable bonds is 4. The van der Waals surface area contributed by atoms with E-state index in [0.29, 0.717) is 0 Å². The molecule has 0 atom stereocenters. The summed E-state index contributed by atoms with van der Waals surface area (Å²) in [5.74, 6) is -2.17. The van der Waals surface area contributed by atoms with Crippen LogP contribution in [0.5, 0.6) is 0 Å². The molecule has 5 nitrogen and oxygen atoms in total. The van der Waals surface area contributed by atoms with E-state index in [1.807, 2.05) is 0 Å². The molecule has 0 saturated carbocycles. The van der Waals surface area contributed by atoms with Gasteiger partial charge >= 0.3 is 5.97 Å². The molecular weight excluding hydrogens is 251 g/mol. The Bertz CT molecular complexity index is 649. The Morgan fingerprint density at radius 3 is 2.58 bits per heavy atom. The molecule has 0 spiro atoms. The molecule has 1 heterocycles. The van der Waals surface area contributed by atoms with Crippen LogP contribution < -0.4 is 5.73 Å². The van der Waals surface area contributed by atoms with Gasteiger partial charge in [0.15, 0.2) is 0 Å². The fraction of sp³-hybridized carbons (Fsp3) is 0.0769. The van der Waals surface area contributed by atoms with Crippen molar-refractivity contribution in [2.24, 2.45) is 5.73 Å². The first-order valence-corrected chi connectivity index (χ1v) is 5.44. The minimum Gasteiger partial charge on any atom is -0.478 e. The number of carboxylic acids is 1. The molecule has 0 fully saturated rings. The lowest BCUT2D eigenvalue weighted by Gasteiger charge is -2.06. The van der Waals surface area contributed by atoms with E-state index in [9.17, 15) is 14.0 Å². The summed E-state index contributed by atoms with van der Waals surface area (Å²) in [6.07, 6.45) is 2.92.